The maximum Gasteiger partial charge on any atom is 0.426 e. The zero-order valence-corrected chi connectivity index (χ0v) is 12.5. The highest BCUT2D eigenvalue weighted by Gasteiger charge is 2.34. The molecule has 0 radical (unpaired) electrons. The summed E-state index contributed by atoms with van der Waals surface area (Å²) in [6, 6.07) is 12.4. The fourth-order valence-corrected chi connectivity index (χ4v) is 1.90. The SMILES string of the molecule is FC(F)(F)CCCOc1ccc(C(F)(F)Oc2ccccc2)cc1. The van der Waals surface area contributed by atoms with E-state index in [4.69, 9.17) is 4.74 Å². The van der Waals surface area contributed by atoms with Gasteiger partial charge in [0.15, 0.2) is 0 Å². The fraction of sp³-hybridized carbons (Fsp3) is 0.294. The number of para-hydroxylation sites is 1. The molecule has 0 spiro atoms. The van der Waals surface area contributed by atoms with Gasteiger partial charge in [-0.3, -0.25) is 0 Å². The fourth-order valence-electron chi connectivity index (χ4n) is 1.90. The van der Waals surface area contributed by atoms with E-state index >= 15 is 0 Å². The summed E-state index contributed by atoms with van der Waals surface area (Å²) >= 11 is 0. The third-order valence-corrected chi connectivity index (χ3v) is 3.05. The molecule has 2 rings (SSSR count). The first kappa shape index (κ1) is 18.0. The second-order valence-corrected chi connectivity index (χ2v) is 5.02. The molecule has 0 aliphatic rings. The van der Waals surface area contributed by atoms with Crippen molar-refractivity contribution in [3.63, 3.8) is 0 Å². The Labute approximate surface area is 135 Å². The van der Waals surface area contributed by atoms with Crippen LogP contribution in [0, 0.1) is 0 Å². The standard InChI is InChI=1S/C17H15F5O2/c18-16(19,20)11-4-12-23-14-9-7-13(8-10-14)17(21,22)24-15-5-2-1-3-6-15/h1-3,5-10H,4,11-12H2. The molecule has 0 unspecified atom stereocenters. The van der Waals surface area contributed by atoms with Crippen LogP contribution in [0.2, 0.25) is 0 Å². The highest BCUT2D eigenvalue weighted by molar-refractivity contribution is 5.30. The van der Waals surface area contributed by atoms with Gasteiger partial charge in [-0.1, -0.05) is 18.2 Å². The quantitative estimate of drug-likeness (QED) is 0.484. The molecule has 0 heterocycles. The lowest BCUT2D eigenvalue weighted by Gasteiger charge is -2.18. The number of rotatable bonds is 7. The van der Waals surface area contributed by atoms with Crippen LogP contribution < -0.4 is 9.47 Å². The molecule has 0 atom stereocenters. The van der Waals surface area contributed by atoms with E-state index in [2.05, 4.69) is 4.74 Å². The largest absolute Gasteiger partial charge is 0.494 e. The Bertz CT molecular complexity index is 624. The van der Waals surface area contributed by atoms with Gasteiger partial charge in [0, 0.05) is 6.42 Å². The third kappa shape index (κ3) is 5.72. The van der Waals surface area contributed by atoms with Crippen LogP contribution >= 0.6 is 0 Å². The van der Waals surface area contributed by atoms with E-state index in [-0.39, 0.29) is 30.1 Å². The number of benzene rings is 2. The molecular formula is C17H15F5O2. The van der Waals surface area contributed by atoms with Gasteiger partial charge < -0.3 is 9.47 Å². The van der Waals surface area contributed by atoms with Crippen LogP contribution in [0.25, 0.3) is 0 Å². The number of ether oxygens (including phenoxy) is 2. The molecule has 0 amide bonds. The maximum absolute atomic E-state index is 14.0. The summed E-state index contributed by atoms with van der Waals surface area (Å²) in [6.45, 7) is -0.143. The first-order chi connectivity index (χ1) is 11.3. The summed E-state index contributed by atoms with van der Waals surface area (Å²) in [4.78, 5) is 0. The van der Waals surface area contributed by atoms with Crippen LogP contribution in [0.5, 0.6) is 11.5 Å². The molecule has 0 saturated carbocycles. The highest BCUT2D eigenvalue weighted by Crippen LogP contribution is 2.32. The lowest BCUT2D eigenvalue weighted by atomic mass is 10.2. The van der Waals surface area contributed by atoms with Crippen LogP contribution in [0.15, 0.2) is 54.6 Å². The average molecular weight is 346 g/mol. The highest BCUT2D eigenvalue weighted by atomic mass is 19.4. The van der Waals surface area contributed by atoms with E-state index in [0.29, 0.717) is 0 Å². The van der Waals surface area contributed by atoms with Gasteiger partial charge in [-0.2, -0.15) is 22.0 Å². The van der Waals surface area contributed by atoms with Gasteiger partial charge in [0.1, 0.15) is 11.5 Å². The number of hydrogen-bond donors (Lipinski definition) is 0. The Morgan fingerprint density at radius 3 is 1.96 bits per heavy atom. The first-order valence-corrected chi connectivity index (χ1v) is 7.18. The maximum atomic E-state index is 14.0. The minimum absolute atomic E-state index is 0.0231. The third-order valence-electron chi connectivity index (χ3n) is 3.05. The zero-order chi connectivity index (χ0) is 17.6. The van der Waals surface area contributed by atoms with Gasteiger partial charge in [-0.05, 0) is 42.8 Å². The zero-order valence-electron chi connectivity index (χ0n) is 12.5. The van der Waals surface area contributed by atoms with Crippen LogP contribution in [0.3, 0.4) is 0 Å². The summed E-state index contributed by atoms with van der Waals surface area (Å²) in [5.41, 5.74) is -0.381. The molecule has 0 N–H and O–H groups in total. The van der Waals surface area contributed by atoms with E-state index in [1.807, 2.05) is 0 Å². The molecule has 24 heavy (non-hydrogen) atoms. The smallest absolute Gasteiger partial charge is 0.426 e. The molecule has 0 aliphatic heterocycles. The van der Waals surface area contributed by atoms with Crippen LogP contribution in [-0.4, -0.2) is 12.8 Å². The van der Waals surface area contributed by atoms with Gasteiger partial charge in [0.05, 0.1) is 12.2 Å². The Morgan fingerprint density at radius 2 is 1.38 bits per heavy atom. The van der Waals surface area contributed by atoms with Crippen molar-refractivity contribution in [2.24, 2.45) is 0 Å². The second kappa shape index (κ2) is 7.51. The second-order valence-electron chi connectivity index (χ2n) is 5.02. The van der Waals surface area contributed by atoms with Gasteiger partial charge in [0.25, 0.3) is 0 Å². The van der Waals surface area contributed by atoms with E-state index in [1.54, 1.807) is 18.2 Å². The van der Waals surface area contributed by atoms with Crippen LogP contribution in [0.1, 0.15) is 18.4 Å². The summed E-state index contributed by atoms with van der Waals surface area (Å²) in [7, 11) is 0. The summed E-state index contributed by atoms with van der Waals surface area (Å²) < 4.78 is 73.8. The molecule has 0 fully saturated rings. The molecule has 0 aliphatic carbocycles. The first-order valence-electron chi connectivity index (χ1n) is 7.18. The predicted molar refractivity (Wildman–Crippen MR) is 78.2 cm³/mol. The van der Waals surface area contributed by atoms with Gasteiger partial charge >= 0.3 is 12.3 Å². The van der Waals surface area contributed by atoms with Crippen molar-refractivity contribution in [1.82, 2.24) is 0 Å². The Kier molecular flexibility index (Phi) is 5.64. The molecular weight excluding hydrogens is 331 g/mol. The molecule has 0 bridgehead atoms. The summed E-state index contributed by atoms with van der Waals surface area (Å²) in [6.07, 6.45) is -8.91. The van der Waals surface area contributed by atoms with Crippen molar-refractivity contribution < 1.29 is 31.4 Å². The predicted octanol–water partition coefficient (Wildman–Crippen LogP) is 5.54. The molecule has 0 aromatic heterocycles. The molecule has 130 valence electrons. The lowest BCUT2D eigenvalue weighted by molar-refractivity contribution is -0.185. The van der Waals surface area contributed by atoms with Crippen molar-refractivity contribution in [3.05, 3.63) is 60.2 Å². The topological polar surface area (TPSA) is 18.5 Å². The summed E-state index contributed by atoms with van der Waals surface area (Å²) in [5, 5.41) is 0. The molecule has 2 aromatic rings. The van der Waals surface area contributed by atoms with Gasteiger partial charge in [-0.15, -0.1) is 0 Å². The van der Waals surface area contributed by atoms with E-state index < -0.39 is 18.7 Å². The number of hydrogen-bond acceptors (Lipinski definition) is 2. The minimum Gasteiger partial charge on any atom is -0.494 e. The molecule has 7 heteroatoms. The van der Waals surface area contributed by atoms with Gasteiger partial charge in [0.2, 0.25) is 0 Å². The minimum atomic E-state index is -4.23. The van der Waals surface area contributed by atoms with Crippen molar-refractivity contribution in [1.29, 1.82) is 0 Å². The Hall–Kier alpha value is -2.31. The molecule has 0 saturated heterocycles. The Balaban J connectivity index is 1.91. The number of alkyl halides is 5. The molecule has 2 aromatic carbocycles. The van der Waals surface area contributed by atoms with Crippen LogP contribution in [0.4, 0.5) is 22.0 Å². The van der Waals surface area contributed by atoms with E-state index in [9.17, 15) is 22.0 Å². The van der Waals surface area contributed by atoms with Crippen LogP contribution in [-0.2, 0) is 6.11 Å². The Morgan fingerprint density at radius 1 is 0.750 bits per heavy atom. The van der Waals surface area contributed by atoms with Crippen molar-refractivity contribution >= 4 is 0 Å². The van der Waals surface area contributed by atoms with E-state index in [1.165, 1.54) is 24.3 Å². The van der Waals surface area contributed by atoms with Crippen molar-refractivity contribution in [3.8, 4) is 11.5 Å². The average Bonchev–Trinajstić information content (AvgIpc) is 2.52. The van der Waals surface area contributed by atoms with Gasteiger partial charge in [-0.25, -0.2) is 0 Å². The van der Waals surface area contributed by atoms with Crippen molar-refractivity contribution in [2.75, 3.05) is 6.61 Å². The monoisotopic (exact) mass is 346 g/mol. The normalized spacial score (nSPS) is 12.0. The molecule has 2 nitrogen and oxygen atoms in total. The van der Waals surface area contributed by atoms with E-state index in [0.717, 1.165) is 12.1 Å². The number of halogens is 5. The van der Waals surface area contributed by atoms with Crippen molar-refractivity contribution in [2.45, 2.75) is 25.1 Å². The summed E-state index contributed by atoms with van der Waals surface area (Å²) in [5.74, 6) is 0.242. The lowest BCUT2D eigenvalue weighted by Crippen LogP contribution is -2.21.